The Balaban J connectivity index is 3.02. The van der Waals surface area contributed by atoms with Gasteiger partial charge >= 0.3 is 0 Å². The Labute approximate surface area is 147 Å². The van der Waals surface area contributed by atoms with Gasteiger partial charge in [0.1, 0.15) is 0 Å². The van der Waals surface area contributed by atoms with Gasteiger partial charge in [-0.1, -0.05) is 109 Å². The molecule has 0 aromatic heterocycles. The smallest absolute Gasteiger partial charge is 0.0351 e. The van der Waals surface area contributed by atoms with Gasteiger partial charge in [-0.2, -0.15) is 6.54 Å². The van der Waals surface area contributed by atoms with Crippen LogP contribution < -0.4 is 0 Å². The first kappa shape index (κ1) is 22.7. The minimum absolute atomic E-state index is 0.618. The Bertz CT molecular complexity index is 222. The van der Waals surface area contributed by atoms with Crippen molar-refractivity contribution < 1.29 is 0 Å². The summed E-state index contributed by atoms with van der Waals surface area (Å²) in [5.74, 6) is 0. The zero-order chi connectivity index (χ0) is 16.8. The van der Waals surface area contributed by atoms with E-state index in [1.807, 2.05) is 0 Å². The monoisotopic (exact) mass is 322 g/mol. The maximum Gasteiger partial charge on any atom is -0.0351 e. The SMILES string of the molecule is CCCCCCCC/C=C\CCCCCCCCCCCC[NH-]. The van der Waals surface area contributed by atoms with Gasteiger partial charge < -0.3 is 5.73 Å². The molecule has 0 heterocycles. The van der Waals surface area contributed by atoms with E-state index in [0.29, 0.717) is 6.54 Å². The van der Waals surface area contributed by atoms with Gasteiger partial charge in [0.25, 0.3) is 0 Å². The lowest BCUT2D eigenvalue weighted by molar-refractivity contribution is 0.556. The molecular formula is C22H44N-. The van der Waals surface area contributed by atoms with Crippen molar-refractivity contribution in [2.75, 3.05) is 6.54 Å². The normalized spacial score (nSPS) is 11.6. The molecule has 0 bridgehead atoms. The second-order valence-corrected chi connectivity index (χ2v) is 7.10. The van der Waals surface area contributed by atoms with E-state index in [0.717, 1.165) is 6.42 Å². The highest BCUT2D eigenvalue weighted by Crippen LogP contribution is 2.12. The number of hydrogen-bond donors (Lipinski definition) is 0. The van der Waals surface area contributed by atoms with Crippen molar-refractivity contribution in [2.45, 2.75) is 122 Å². The first-order chi connectivity index (χ1) is 11.4. The van der Waals surface area contributed by atoms with Gasteiger partial charge in [-0.15, -0.1) is 0 Å². The Morgan fingerprint density at radius 2 is 0.826 bits per heavy atom. The van der Waals surface area contributed by atoms with E-state index in [9.17, 15) is 0 Å². The largest absolute Gasteiger partial charge is 0.677 e. The van der Waals surface area contributed by atoms with Crippen molar-refractivity contribution in [1.29, 1.82) is 0 Å². The summed E-state index contributed by atoms with van der Waals surface area (Å²) in [5, 5.41) is 0. The van der Waals surface area contributed by atoms with E-state index in [4.69, 9.17) is 5.73 Å². The van der Waals surface area contributed by atoms with Crippen LogP contribution >= 0.6 is 0 Å². The van der Waals surface area contributed by atoms with Crippen molar-refractivity contribution in [3.63, 3.8) is 0 Å². The second-order valence-electron chi connectivity index (χ2n) is 7.10. The molecule has 1 heteroatoms. The van der Waals surface area contributed by atoms with Gasteiger partial charge in [-0.25, -0.2) is 0 Å². The van der Waals surface area contributed by atoms with Gasteiger partial charge in [0.15, 0.2) is 0 Å². The van der Waals surface area contributed by atoms with Crippen LogP contribution in [0.2, 0.25) is 0 Å². The molecule has 0 saturated carbocycles. The van der Waals surface area contributed by atoms with Gasteiger partial charge in [-0.3, -0.25) is 0 Å². The molecule has 0 atom stereocenters. The van der Waals surface area contributed by atoms with Crippen molar-refractivity contribution in [3.05, 3.63) is 17.9 Å². The zero-order valence-corrected chi connectivity index (χ0v) is 16.1. The van der Waals surface area contributed by atoms with E-state index >= 15 is 0 Å². The molecule has 0 rings (SSSR count). The average Bonchev–Trinajstić information content (AvgIpc) is 2.57. The summed E-state index contributed by atoms with van der Waals surface area (Å²) in [7, 11) is 0. The van der Waals surface area contributed by atoms with Crippen LogP contribution in [0.15, 0.2) is 12.2 Å². The molecule has 0 aromatic carbocycles. The average molecular weight is 323 g/mol. The van der Waals surface area contributed by atoms with Crippen molar-refractivity contribution >= 4 is 0 Å². The molecule has 0 saturated heterocycles. The molecule has 0 spiro atoms. The maximum atomic E-state index is 7.10. The maximum absolute atomic E-state index is 7.10. The summed E-state index contributed by atoms with van der Waals surface area (Å²) in [5.41, 5.74) is 7.10. The Kier molecular flexibility index (Phi) is 21.4. The summed E-state index contributed by atoms with van der Waals surface area (Å²) < 4.78 is 0. The number of hydrogen-bond acceptors (Lipinski definition) is 0. The van der Waals surface area contributed by atoms with Crippen LogP contribution in [-0.2, 0) is 0 Å². The Hall–Kier alpha value is -0.300. The number of allylic oxidation sites excluding steroid dienone is 2. The van der Waals surface area contributed by atoms with Crippen molar-refractivity contribution in [3.8, 4) is 0 Å². The molecule has 23 heavy (non-hydrogen) atoms. The lowest BCUT2D eigenvalue weighted by Gasteiger charge is -2.03. The fraction of sp³-hybridized carbons (Fsp3) is 0.909. The van der Waals surface area contributed by atoms with E-state index in [-0.39, 0.29) is 0 Å². The minimum atomic E-state index is 0.618. The molecule has 1 nitrogen and oxygen atoms in total. The zero-order valence-electron chi connectivity index (χ0n) is 16.1. The summed E-state index contributed by atoms with van der Waals surface area (Å²) >= 11 is 0. The van der Waals surface area contributed by atoms with Crippen LogP contribution in [-0.4, -0.2) is 6.54 Å². The Morgan fingerprint density at radius 3 is 1.22 bits per heavy atom. The van der Waals surface area contributed by atoms with Crippen LogP contribution in [0.3, 0.4) is 0 Å². The van der Waals surface area contributed by atoms with Crippen molar-refractivity contribution in [2.24, 2.45) is 0 Å². The molecule has 0 aliphatic heterocycles. The predicted octanol–water partition coefficient (Wildman–Crippen LogP) is 8.64. The quantitative estimate of drug-likeness (QED) is 0.168. The molecule has 1 N–H and O–H groups in total. The second kappa shape index (κ2) is 21.7. The van der Waals surface area contributed by atoms with Crippen LogP contribution in [0.4, 0.5) is 0 Å². The van der Waals surface area contributed by atoms with Crippen LogP contribution in [0, 0.1) is 0 Å². The standard InChI is InChI=1S/C22H44N/c1-2-3-4-5-6-7-8-9-10-11-12-13-14-15-16-17-18-19-20-21-22-23/h9-10,23H,2-8,11-22H2,1H3/q-1/b10-9-. The van der Waals surface area contributed by atoms with Crippen LogP contribution in [0.5, 0.6) is 0 Å². The highest BCUT2D eigenvalue weighted by Gasteiger charge is 1.92. The summed E-state index contributed by atoms with van der Waals surface area (Å²) in [6.07, 6.45) is 29.5. The number of rotatable bonds is 19. The van der Waals surface area contributed by atoms with E-state index < -0.39 is 0 Å². The third-order valence-electron chi connectivity index (χ3n) is 4.69. The van der Waals surface area contributed by atoms with Gasteiger partial charge in [-0.05, 0) is 25.7 Å². The molecule has 0 aromatic rings. The van der Waals surface area contributed by atoms with E-state index in [1.165, 1.54) is 109 Å². The van der Waals surface area contributed by atoms with Gasteiger partial charge in [0, 0.05) is 0 Å². The third-order valence-corrected chi connectivity index (χ3v) is 4.69. The summed E-state index contributed by atoms with van der Waals surface area (Å²) in [6.45, 7) is 2.90. The lowest BCUT2D eigenvalue weighted by atomic mass is 10.1. The molecule has 0 fully saturated rings. The number of unbranched alkanes of at least 4 members (excludes halogenated alkanes) is 16. The third kappa shape index (κ3) is 21.7. The fourth-order valence-corrected chi connectivity index (χ4v) is 3.08. The van der Waals surface area contributed by atoms with Gasteiger partial charge in [0.2, 0.25) is 0 Å². The molecule has 0 radical (unpaired) electrons. The van der Waals surface area contributed by atoms with Crippen LogP contribution in [0.25, 0.3) is 5.73 Å². The molecule has 0 unspecified atom stereocenters. The predicted molar refractivity (Wildman–Crippen MR) is 107 cm³/mol. The van der Waals surface area contributed by atoms with Gasteiger partial charge in [0.05, 0.1) is 0 Å². The Morgan fingerprint density at radius 1 is 0.478 bits per heavy atom. The first-order valence-electron chi connectivity index (χ1n) is 10.7. The van der Waals surface area contributed by atoms with E-state index in [1.54, 1.807) is 0 Å². The minimum Gasteiger partial charge on any atom is -0.677 e. The van der Waals surface area contributed by atoms with Crippen LogP contribution in [0.1, 0.15) is 122 Å². The highest BCUT2D eigenvalue weighted by atomic mass is 14.5. The molecule has 0 amide bonds. The molecule has 138 valence electrons. The highest BCUT2D eigenvalue weighted by molar-refractivity contribution is 4.81. The molecular weight excluding hydrogens is 278 g/mol. The molecule has 0 aliphatic rings. The lowest BCUT2D eigenvalue weighted by Crippen LogP contribution is -1.83. The van der Waals surface area contributed by atoms with Crippen molar-refractivity contribution in [1.82, 2.24) is 0 Å². The molecule has 0 aliphatic carbocycles. The summed E-state index contributed by atoms with van der Waals surface area (Å²) in [4.78, 5) is 0. The topological polar surface area (TPSA) is 23.8 Å². The summed E-state index contributed by atoms with van der Waals surface area (Å²) in [6, 6.07) is 0. The number of nitrogens with one attached hydrogen (secondary N) is 1. The fourth-order valence-electron chi connectivity index (χ4n) is 3.08. The first-order valence-corrected chi connectivity index (χ1v) is 10.7. The van der Waals surface area contributed by atoms with E-state index in [2.05, 4.69) is 19.1 Å².